The van der Waals surface area contributed by atoms with Crippen LogP contribution in [0.25, 0.3) is 5.69 Å². The van der Waals surface area contributed by atoms with E-state index in [1.54, 1.807) is 0 Å². The van der Waals surface area contributed by atoms with Crippen LogP contribution < -0.4 is 10.2 Å². The highest BCUT2D eigenvalue weighted by molar-refractivity contribution is 9.10. The van der Waals surface area contributed by atoms with Gasteiger partial charge in [0.1, 0.15) is 0 Å². The lowest BCUT2D eigenvalue weighted by molar-refractivity contribution is 0.563. The number of anilines is 1. The molecule has 0 saturated carbocycles. The number of thiocarbonyl (C=S) groups is 1. The lowest BCUT2D eigenvalue weighted by Gasteiger charge is -2.29. The third-order valence-electron chi connectivity index (χ3n) is 6.84. The van der Waals surface area contributed by atoms with Crippen LogP contribution in [0.15, 0.2) is 77.4 Å². The van der Waals surface area contributed by atoms with Gasteiger partial charge in [0.2, 0.25) is 0 Å². The summed E-state index contributed by atoms with van der Waals surface area (Å²) >= 11 is 9.58. The molecule has 0 amide bonds. The first-order chi connectivity index (χ1) is 16.4. The molecule has 1 saturated heterocycles. The molecule has 2 aromatic heterocycles. The summed E-state index contributed by atoms with van der Waals surface area (Å²) in [6.45, 7) is 8.74. The van der Waals surface area contributed by atoms with Crippen molar-refractivity contribution in [2.75, 3.05) is 4.90 Å². The van der Waals surface area contributed by atoms with Crippen LogP contribution in [0, 0.1) is 27.7 Å². The number of aryl methyl sites for hydroxylation is 1. The molecule has 4 aromatic rings. The van der Waals surface area contributed by atoms with E-state index in [0.717, 1.165) is 15.9 Å². The summed E-state index contributed by atoms with van der Waals surface area (Å²) in [6.07, 6.45) is 1.85. The number of benzene rings is 2. The van der Waals surface area contributed by atoms with E-state index in [1.165, 1.54) is 33.8 Å². The van der Waals surface area contributed by atoms with Crippen LogP contribution in [0.3, 0.4) is 0 Å². The molecule has 1 fully saturated rings. The van der Waals surface area contributed by atoms with Crippen molar-refractivity contribution in [1.29, 1.82) is 0 Å². The molecule has 4 nitrogen and oxygen atoms in total. The highest BCUT2D eigenvalue weighted by atomic mass is 79.9. The molecule has 0 radical (unpaired) electrons. The molecule has 34 heavy (non-hydrogen) atoms. The number of pyridine rings is 1. The van der Waals surface area contributed by atoms with E-state index in [0.29, 0.717) is 5.11 Å². The summed E-state index contributed by atoms with van der Waals surface area (Å²) in [5.41, 5.74) is 9.41. The molecule has 1 N–H and O–H groups in total. The van der Waals surface area contributed by atoms with Crippen LogP contribution in [0.1, 0.15) is 45.9 Å². The summed E-state index contributed by atoms with van der Waals surface area (Å²) in [5.74, 6) is 0. The largest absolute Gasteiger partial charge is 0.351 e. The van der Waals surface area contributed by atoms with Gasteiger partial charge in [-0.1, -0.05) is 40.2 Å². The lowest BCUT2D eigenvalue weighted by Crippen LogP contribution is -2.30. The molecule has 0 unspecified atom stereocenters. The summed E-state index contributed by atoms with van der Waals surface area (Å²) in [6, 6.07) is 22.9. The van der Waals surface area contributed by atoms with E-state index >= 15 is 0 Å². The van der Waals surface area contributed by atoms with Gasteiger partial charge in [0.25, 0.3) is 0 Å². The van der Waals surface area contributed by atoms with Gasteiger partial charge in [0.15, 0.2) is 5.11 Å². The van der Waals surface area contributed by atoms with Gasteiger partial charge in [0.05, 0.1) is 17.8 Å². The minimum atomic E-state index is -0.0684. The molecule has 2 aromatic carbocycles. The van der Waals surface area contributed by atoms with Crippen molar-refractivity contribution in [3.63, 3.8) is 0 Å². The number of rotatable bonds is 4. The molecule has 1 aliphatic rings. The maximum absolute atomic E-state index is 5.94. The summed E-state index contributed by atoms with van der Waals surface area (Å²) in [5, 5.41) is 4.31. The quantitative estimate of drug-likeness (QED) is 0.286. The third-order valence-corrected chi connectivity index (χ3v) is 8.04. The zero-order valence-electron chi connectivity index (χ0n) is 19.7. The van der Waals surface area contributed by atoms with E-state index in [9.17, 15) is 0 Å². The first kappa shape index (κ1) is 22.8. The third kappa shape index (κ3) is 3.75. The number of halogens is 1. The van der Waals surface area contributed by atoms with Crippen molar-refractivity contribution in [2.45, 2.75) is 39.8 Å². The standard InChI is InChI=1S/C28H27BrN4S/c1-17-16-22(13-14-23(17)29)33-27(26(31-28(33)34)24-12-8-9-15-30-24)25-18(2)19(3)32(20(25)4)21-10-6-5-7-11-21/h5-16,26-27H,1-4H3,(H,31,34)/t26-,27-/m1/s1. The Morgan fingerprint density at radius 3 is 2.29 bits per heavy atom. The van der Waals surface area contributed by atoms with E-state index in [2.05, 4.69) is 113 Å². The molecular weight excluding hydrogens is 504 g/mol. The molecule has 0 spiro atoms. The van der Waals surface area contributed by atoms with Gasteiger partial charge in [-0.25, -0.2) is 0 Å². The van der Waals surface area contributed by atoms with Gasteiger partial charge in [-0.05, 0) is 93.5 Å². The fourth-order valence-electron chi connectivity index (χ4n) is 5.11. The number of para-hydroxylation sites is 1. The minimum Gasteiger partial charge on any atom is -0.351 e. The van der Waals surface area contributed by atoms with E-state index in [-0.39, 0.29) is 12.1 Å². The van der Waals surface area contributed by atoms with Crippen molar-refractivity contribution in [3.05, 3.63) is 111 Å². The first-order valence-corrected chi connectivity index (χ1v) is 12.6. The van der Waals surface area contributed by atoms with Crippen molar-refractivity contribution in [2.24, 2.45) is 0 Å². The topological polar surface area (TPSA) is 33.1 Å². The number of hydrogen-bond acceptors (Lipinski definition) is 2. The van der Waals surface area contributed by atoms with E-state index < -0.39 is 0 Å². The van der Waals surface area contributed by atoms with Gasteiger partial charge in [-0.2, -0.15) is 0 Å². The van der Waals surface area contributed by atoms with Crippen molar-refractivity contribution >= 4 is 38.9 Å². The van der Waals surface area contributed by atoms with Crippen LogP contribution in [-0.2, 0) is 0 Å². The highest BCUT2D eigenvalue weighted by Crippen LogP contribution is 2.45. The Morgan fingerprint density at radius 1 is 0.882 bits per heavy atom. The monoisotopic (exact) mass is 530 g/mol. The molecule has 2 atom stereocenters. The van der Waals surface area contributed by atoms with Crippen molar-refractivity contribution < 1.29 is 0 Å². The SMILES string of the molecule is Cc1cc(N2C(=S)N[C@H](c3ccccn3)[C@H]2c2c(C)c(C)n(-c3ccccc3)c2C)ccc1Br. The van der Waals surface area contributed by atoms with Crippen LogP contribution in [0.5, 0.6) is 0 Å². The Morgan fingerprint density at radius 2 is 1.62 bits per heavy atom. The van der Waals surface area contributed by atoms with Gasteiger partial charge >= 0.3 is 0 Å². The molecular formula is C28H27BrN4S. The highest BCUT2D eigenvalue weighted by Gasteiger charge is 2.43. The lowest BCUT2D eigenvalue weighted by atomic mass is 9.93. The number of aromatic nitrogens is 2. The van der Waals surface area contributed by atoms with Crippen LogP contribution in [0.2, 0.25) is 0 Å². The molecule has 5 rings (SSSR count). The second kappa shape index (κ2) is 9.01. The predicted molar refractivity (Wildman–Crippen MR) is 147 cm³/mol. The van der Waals surface area contributed by atoms with E-state index in [1.807, 2.05) is 18.3 Å². The zero-order chi connectivity index (χ0) is 24.0. The maximum Gasteiger partial charge on any atom is 0.174 e. The Balaban J connectivity index is 1.74. The summed E-state index contributed by atoms with van der Waals surface area (Å²) in [7, 11) is 0. The van der Waals surface area contributed by atoms with Crippen LogP contribution in [-0.4, -0.2) is 14.7 Å². The Bertz CT molecular complexity index is 1360. The Kier molecular flexibility index (Phi) is 6.04. The number of nitrogens with zero attached hydrogens (tertiary/aromatic N) is 3. The predicted octanol–water partition coefficient (Wildman–Crippen LogP) is 7.05. The Hall–Kier alpha value is -2.96. The minimum absolute atomic E-state index is 0.0355. The van der Waals surface area contributed by atoms with Gasteiger partial charge in [0, 0.05) is 39.0 Å². The zero-order valence-corrected chi connectivity index (χ0v) is 22.1. The van der Waals surface area contributed by atoms with Crippen molar-refractivity contribution in [1.82, 2.24) is 14.9 Å². The molecule has 6 heteroatoms. The van der Waals surface area contributed by atoms with Crippen LogP contribution >= 0.6 is 28.1 Å². The van der Waals surface area contributed by atoms with E-state index in [4.69, 9.17) is 17.2 Å². The maximum atomic E-state index is 5.94. The fourth-order valence-corrected chi connectivity index (χ4v) is 5.70. The number of nitrogens with one attached hydrogen (secondary N) is 1. The molecule has 172 valence electrons. The number of hydrogen-bond donors (Lipinski definition) is 1. The van der Waals surface area contributed by atoms with Crippen molar-refractivity contribution in [3.8, 4) is 5.69 Å². The molecule has 3 heterocycles. The van der Waals surface area contributed by atoms with Crippen LogP contribution in [0.4, 0.5) is 5.69 Å². The second-order valence-electron chi connectivity index (χ2n) is 8.81. The summed E-state index contributed by atoms with van der Waals surface area (Å²) in [4.78, 5) is 6.98. The Labute approximate surface area is 214 Å². The average molecular weight is 532 g/mol. The molecule has 1 aliphatic heterocycles. The smallest absolute Gasteiger partial charge is 0.174 e. The van der Waals surface area contributed by atoms with Gasteiger partial charge < -0.3 is 14.8 Å². The van der Waals surface area contributed by atoms with Gasteiger partial charge in [-0.15, -0.1) is 0 Å². The first-order valence-electron chi connectivity index (χ1n) is 11.4. The molecule has 0 aliphatic carbocycles. The normalized spacial score (nSPS) is 17.8. The fraction of sp³-hybridized carbons (Fsp3) is 0.214. The second-order valence-corrected chi connectivity index (χ2v) is 10.1. The van der Waals surface area contributed by atoms with Gasteiger partial charge in [-0.3, -0.25) is 4.98 Å². The molecule has 0 bridgehead atoms. The summed E-state index contributed by atoms with van der Waals surface area (Å²) < 4.78 is 3.44. The average Bonchev–Trinajstić information content (AvgIpc) is 3.29.